The molecular weight excluding hydrogens is 446 g/mol. The molecule has 1 aliphatic rings. The number of anilines is 1. The number of hydrogen-bond acceptors (Lipinski definition) is 5. The summed E-state index contributed by atoms with van der Waals surface area (Å²) in [5.41, 5.74) is 2.12. The van der Waals surface area contributed by atoms with Crippen molar-refractivity contribution < 1.29 is 18.0 Å². The zero-order valence-corrected chi connectivity index (χ0v) is 20.4. The van der Waals surface area contributed by atoms with Crippen LogP contribution in [0.15, 0.2) is 35.7 Å². The number of hydrogen-bond donors (Lipinski definition) is 2. The van der Waals surface area contributed by atoms with E-state index in [9.17, 15) is 18.0 Å². The van der Waals surface area contributed by atoms with E-state index >= 15 is 0 Å². The molecule has 0 aliphatic carbocycles. The molecule has 0 atom stereocenters. The van der Waals surface area contributed by atoms with Crippen LogP contribution in [0.4, 0.5) is 5.00 Å². The summed E-state index contributed by atoms with van der Waals surface area (Å²) in [6.45, 7) is 6.86. The molecule has 1 aliphatic heterocycles. The van der Waals surface area contributed by atoms with Crippen molar-refractivity contribution in [3.05, 3.63) is 52.4 Å². The van der Waals surface area contributed by atoms with Gasteiger partial charge in [-0.05, 0) is 54.3 Å². The highest BCUT2D eigenvalue weighted by Crippen LogP contribution is 2.25. The smallest absolute Gasteiger partial charge is 0.256 e. The summed E-state index contributed by atoms with van der Waals surface area (Å²) in [5, 5.41) is 8.11. The third-order valence-corrected chi connectivity index (χ3v) is 8.53. The van der Waals surface area contributed by atoms with Gasteiger partial charge in [0, 0.05) is 24.7 Å². The summed E-state index contributed by atoms with van der Waals surface area (Å²) in [6, 6.07) is 9.06. The number of piperidine rings is 1. The largest absolute Gasteiger partial charge is 0.349 e. The van der Waals surface area contributed by atoms with Gasteiger partial charge in [-0.2, -0.15) is 0 Å². The molecular formula is C23H31N3O4S2. The maximum Gasteiger partial charge on any atom is 0.256 e. The molecule has 1 aromatic carbocycles. The monoisotopic (exact) mass is 477 g/mol. The van der Waals surface area contributed by atoms with Gasteiger partial charge in [-0.15, -0.1) is 11.3 Å². The number of sulfonamides is 1. The highest BCUT2D eigenvalue weighted by molar-refractivity contribution is 7.89. The Balaban J connectivity index is 1.58. The predicted molar refractivity (Wildman–Crippen MR) is 129 cm³/mol. The van der Waals surface area contributed by atoms with E-state index in [1.807, 2.05) is 19.1 Å². The normalized spacial score (nSPS) is 15.6. The standard InChI is InChI=1S/C23H31N3O4S2/c1-4-15-32(29,30)26-12-9-19(10-13-26)24-22(28)20-11-14-31-23(20)25-21(27)18-7-5-17(6-8-18)16(2)3/h5-8,11,14,16,19H,4,9-10,12-13,15H2,1-3H3,(H,24,28)(H,25,27). The second-order valence-electron chi connectivity index (χ2n) is 8.36. The zero-order valence-electron chi connectivity index (χ0n) is 18.8. The van der Waals surface area contributed by atoms with E-state index in [4.69, 9.17) is 0 Å². The molecule has 3 rings (SSSR count). The molecule has 174 valence electrons. The molecule has 1 saturated heterocycles. The minimum absolute atomic E-state index is 0.0948. The van der Waals surface area contributed by atoms with E-state index < -0.39 is 10.0 Å². The van der Waals surface area contributed by atoms with Crippen LogP contribution in [0.5, 0.6) is 0 Å². The third kappa shape index (κ3) is 5.96. The minimum atomic E-state index is -3.21. The Morgan fingerprint density at radius 2 is 1.75 bits per heavy atom. The number of nitrogens with zero attached hydrogens (tertiary/aromatic N) is 1. The van der Waals surface area contributed by atoms with Gasteiger partial charge in [-0.3, -0.25) is 9.59 Å². The molecule has 0 bridgehead atoms. The molecule has 1 fully saturated rings. The summed E-state index contributed by atoms with van der Waals surface area (Å²) in [7, 11) is -3.21. The Kier molecular flexibility index (Phi) is 8.08. The van der Waals surface area contributed by atoms with Gasteiger partial charge >= 0.3 is 0 Å². The fourth-order valence-electron chi connectivity index (χ4n) is 3.71. The van der Waals surface area contributed by atoms with Crippen molar-refractivity contribution in [1.29, 1.82) is 0 Å². The van der Waals surface area contributed by atoms with Gasteiger partial charge < -0.3 is 10.6 Å². The highest BCUT2D eigenvalue weighted by atomic mass is 32.2. The van der Waals surface area contributed by atoms with Crippen LogP contribution < -0.4 is 10.6 Å². The van der Waals surface area contributed by atoms with Crippen molar-refractivity contribution in [2.24, 2.45) is 0 Å². The van der Waals surface area contributed by atoms with Crippen molar-refractivity contribution in [2.45, 2.75) is 52.0 Å². The molecule has 0 unspecified atom stereocenters. The maximum atomic E-state index is 12.8. The van der Waals surface area contributed by atoms with Crippen molar-refractivity contribution in [3.8, 4) is 0 Å². The number of nitrogens with one attached hydrogen (secondary N) is 2. The predicted octanol–water partition coefficient (Wildman–Crippen LogP) is 4.06. The Morgan fingerprint density at radius 3 is 2.34 bits per heavy atom. The minimum Gasteiger partial charge on any atom is -0.349 e. The zero-order chi connectivity index (χ0) is 23.3. The molecule has 0 spiro atoms. The second kappa shape index (κ2) is 10.6. The molecule has 32 heavy (non-hydrogen) atoms. The van der Waals surface area contributed by atoms with Crippen LogP contribution in [0, 0.1) is 0 Å². The van der Waals surface area contributed by atoms with Crippen LogP contribution >= 0.6 is 11.3 Å². The Morgan fingerprint density at radius 1 is 1.09 bits per heavy atom. The first kappa shape index (κ1) is 24.4. The lowest BCUT2D eigenvalue weighted by atomic mass is 10.0. The number of carbonyl (C=O) groups excluding carboxylic acids is 2. The van der Waals surface area contributed by atoms with Crippen molar-refractivity contribution in [1.82, 2.24) is 9.62 Å². The highest BCUT2D eigenvalue weighted by Gasteiger charge is 2.28. The molecule has 1 aromatic heterocycles. The third-order valence-electron chi connectivity index (χ3n) is 5.62. The van der Waals surface area contributed by atoms with E-state index in [2.05, 4.69) is 24.5 Å². The summed E-state index contributed by atoms with van der Waals surface area (Å²) in [5.74, 6) is 0.0264. The van der Waals surface area contributed by atoms with Gasteiger partial charge in [0.2, 0.25) is 10.0 Å². The average molecular weight is 478 g/mol. The fraction of sp³-hybridized carbons (Fsp3) is 0.478. The van der Waals surface area contributed by atoms with Crippen LogP contribution in [-0.2, 0) is 10.0 Å². The van der Waals surface area contributed by atoms with Gasteiger partial charge in [0.05, 0.1) is 11.3 Å². The average Bonchev–Trinajstić information content (AvgIpc) is 3.22. The Bertz CT molecular complexity index is 1040. The SMILES string of the molecule is CCCS(=O)(=O)N1CCC(NC(=O)c2ccsc2NC(=O)c2ccc(C(C)C)cc2)CC1. The van der Waals surface area contributed by atoms with E-state index in [0.717, 1.165) is 5.56 Å². The molecule has 0 saturated carbocycles. The van der Waals surface area contributed by atoms with Gasteiger partial charge in [0.15, 0.2) is 0 Å². The maximum absolute atomic E-state index is 12.8. The van der Waals surface area contributed by atoms with Crippen molar-refractivity contribution >= 4 is 38.2 Å². The number of benzene rings is 1. The van der Waals surface area contributed by atoms with Gasteiger partial charge in [0.25, 0.3) is 11.8 Å². The lowest BCUT2D eigenvalue weighted by Crippen LogP contribution is -2.47. The molecule has 2 amide bonds. The van der Waals surface area contributed by atoms with E-state index in [1.165, 1.54) is 15.6 Å². The number of amides is 2. The van der Waals surface area contributed by atoms with Crippen LogP contribution in [0.25, 0.3) is 0 Å². The molecule has 0 radical (unpaired) electrons. The van der Waals surface area contributed by atoms with Crippen molar-refractivity contribution in [3.63, 3.8) is 0 Å². The molecule has 7 nitrogen and oxygen atoms in total. The first-order chi connectivity index (χ1) is 15.2. The molecule has 2 heterocycles. The summed E-state index contributed by atoms with van der Waals surface area (Å²) in [4.78, 5) is 25.5. The van der Waals surface area contributed by atoms with E-state index in [0.29, 0.717) is 54.4 Å². The Hall–Kier alpha value is -2.23. The molecule has 9 heteroatoms. The summed E-state index contributed by atoms with van der Waals surface area (Å²) in [6.07, 6.45) is 1.74. The number of thiophene rings is 1. The Labute approximate surface area is 194 Å². The van der Waals surface area contributed by atoms with Crippen LogP contribution in [0.2, 0.25) is 0 Å². The van der Waals surface area contributed by atoms with Crippen LogP contribution in [-0.4, -0.2) is 49.4 Å². The fourth-order valence-corrected chi connectivity index (χ4v) is 6.03. The second-order valence-corrected chi connectivity index (χ2v) is 11.4. The van der Waals surface area contributed by atoms with E-state index in [-0.39, 0.29) is 23.6 Å². The summed E-state index contributed by atoms with van der Waals surface area (Å²) < 4.78 is 25.9. The van der Waals surface area contributed by atoms with Gasteiger partial charge in [-0.1, -0.05) is 32.9 Å². The topological polar surface area (TPSA) is 95.6 Å². The first-order valence-electron chi connectivity index (χ1n) is 11.0. The molecule has 2 aromatic rings. The lowest BCUT2D eigenvalue weighted by Gasteiger charge is -2.31. The summed E-state index contributed by atoms with van der Waals surface area (Å²) >= 11 is 1.30. The van der Waals surface area contributed by atoms with Crippen LogP contribution in [0.1, 0.15) is 72.2 Å². The quantitative estimate of drug-likeness (QED) is 0.599. The first-order valence-corrected chi connectivity index (χ1v) is 13.5. The lowest BCUT2D eigenvalue weighted by molar-refractivity contribution is 0.0925. The van der Waals surface area contributed by atoms with E-state index in [1.54, 1.807) is 23.6 Å². The van der Waals surface area contributed by atoms with Gasteiger partial charge in [0.1, 0.15) is 5.00 Å². The number of rotatable bonds is 8. The number of carbonyl (C=O) groups is 2. The molecule has 2 N–H and O–H groups in total. The van der Waals surface area contributed by atoms with Crippen molar-refractivity contribution in [2.75, 3.05) is 24.2 Å². The van der Waals surface area contributed by atoms with Crippen LogP contribution in [0.3, 0.4) is 0 Å². The van der Waals surface area contributed by atoms with Gasteiger partial charge in [-0.25, -0.2) is 12.7 Å².